The highest BCUT2D eigenvalue weighted by atomic mass is 16.6. The van der Waals surface area contributed by atoms with Gasteiger partial charge in [0.15, 0.2) is 0 Å². The number of aliphatic hydroxyl groups excluding tert-OH is 1. The Balaban J connectivity index is 1.80. The molecule has 1 fully saturated rings. The molecule has 0 heterocycles. The highest BCUT2D eigenvalue weighted by Crippen LogP contribution is 2.38. The van der Waals surface area contributed by atoms with Gasteiger partial charge in [0.2, 0.25) is 6.29 Å². The van der Waals surface area contributed by atoms with E-state index in [-0.39, 0.29) is 0 Å². The molecule has 2 nitrogen and oxygen atoms in total. The normalized spacial score (nSPS) is 23.0. The van der Waals surface area contributed by atoms with E-state index in [1.165, 1.54) is 63.0 Å². The fraction of sp³-hybridized carbons (Fsp3) is 0.600. The lowest BCUT2D eigenvalue weighted by Crippen LogP contribution is -2.14. The van der Waals surface area contributed by atoms with Crippen molar-refractivity contribution in [3.8, 4) is 5.75 Å². The van der Waals surface area contributed by atoms with Crippen molar-refractivity contribution in [3.05, 3.63) is 42.5 Å². The number of rotatable bonds is 8. The van der Waals surface area contributed by atoms with Crippen LogP contribution in [0.2, 0.25) is 0 Å². The Morgan fingerprint density at radius 2 is 1.86 bits per heavy atom. The molecule has 1 saturated carbocycles. The molecule has 2 heteroatoms. The van der Waals surface area contributed by atoms with Gasteiger partial charge >= 0.3 is 0 Å². The Morgan fingerprint density at radius 3 is 2.45 bits per heavy atom. The van der Waals surface area contributed by atoms with Gasteiger partial charge < -0.3 is 9.84 Å². The Labute approximate surface area is 135 Å². The van der Waals surface area contributed by atoms with E-state index in [0.717, 1.165) is 5.92 Å². The van der Waals surface area contributed by atoms with E-state index < -0.39 is 6.29 Å². The maximum atomic E-state index is 9.41. The molecule has 0 radical (unpaired) electrons. The molecular formula is C20H30O2. The quantitative estimate of drug-likeness (QED) is 0.394. The molecule has 1 aromatic carbocycles. The topological polar surface area (TPSA) is 29.5 Å². The monoisotopic (exact) mass is 302 g/mol. The highest BCUT2D eigenvalue weighted by molar-refractivity contribution is 5.30. The zero-order chi connectivity index (χ0) is 15.8. The van der Waals surface area contributed by atoms with Crippen LogP contribution in [0, 0.1) is 5.92 Å². The molecule has 1 aliphatic rings. The summed E-state index contributed by atoms with van der Waals surface area (Å²) in [6.45, 7) is 5.78. The molecule has 0 bridgehead atoms. The van der Waals surface area contributed by atoms with Crippen LogP contribution in [0.25, 0.3) is 0 Å². The fourth-order valence-corrected chi connectivity index (χ4v) is 3.47. The molecule has 1 aliphatic carbocycles. The summed E-state index contributed by atoms with van der Waals surface area (Å²) in [5.74, 6) is 2.35. The highest BCUT2D eigenvalue weighted by Gasteiger charge is 2.22. The predicted molar refractivity (Wildman–Crippen MR) is 92.1 cm³/mol. The molecule has 122 valence electrons. The lowest BCUT2D eigenvalue weighted by Gasteiger charge is -2.29. The van der Waals surface area contributed by atoms with Gasteiger partial charge in [-0.05, 0) is 61.3 Å². The van der Waals surface area contributed by atoms with E-state index >= 15 is 0 Å². The predicted octanol–water partition coefficient (Wildman–Crippen LogP) is 5.42. The fourth-order valence-electron chi connectivity index (χ4n) is 3.47. The van der Waals surface area contributed by atoms with Crippen LogP contribution in [0.1, 0.15) is 69.8 Å². The molecule has 0 spiro atoms. The lowest BCUT2D eigenvalue weighted by molar-refractivity contribution is 0.0250. The molecule has 1 N–H and O–H groups in total. The van der Waals surface area contributed by atoms with Gasteiger partial charge in [-0.25, -0.2) is 0 Å². The van der Waals surface area contributed by atoms with Crippen LogP contribution >= 0.6 is 0 Å². The second kappa shape index (κ2) is 8.99. The second-order valence-corrected chi connectivity index (χ2v) is 6.53. The summed E-state index contributed by atoms with van der Waals surface area (Å²) < 4.78 is 5.32. The van der Waals surface area contributed by atoms with Crippen molar-refractivity contribution in [1.82, 2.24) is 0 Å². The SMILES string of the molecule is C=CC(O)Oc1ccc(C2CCC(CCCCC)CC2)cc1. The van der Waals surface area contributed by atoms with E-state index in [4.69, 9.17) is 4.74 Å². The van der Waals surface area contributed by atoms with Gasteiger partial charge in [-0.1, -0.05) is 51.3 Å². The van der Waals surface area contributed by atoms with Gasteiger partial charge in [0.05, 0.1) is 0 Å². The standard InChI is InChI=1S/C20H30O2/c1-3-5-6-7-16-8-10-17(11-9-16)18-12-14-19(15-13-18)22-20(21)4-2/h4,12-17,20-21H,2-3,5-11H2,1H3. The molecule has 0 aliphatic heterocycles. The zero-order valence-corrected chi connectivity index (χ0v) is 13.8. The first-order chi connectivity index (χ1) is 10.7. The Morgan fingerprint density at radius 1 is 1.18 bits per heavy atom. The van der Waals surface area contributed by atoms with Gasteiger partial charge in [0.25, 0.3) is 0 Å². The van der Waals surface area contributed by atoms with Crippen molar-refractivity contribution in [2.24, 2.45) is 5.92 Å². The van der Waals surface area contributed by atoms with E-state index in [1.54, 1.807) is 0 Å². The first-order valence-corrected chi connectivity index (χ1v) is 8.80. The Kier molecular flexibility index (Phi) is 6.98. The van der Waals surface area contributed by atoms with Crippen LogP contribution in [-0.2, 0) is 0 Å². The molecule has 2 rings (SSSR count). The van der Waals surface area contributed by atoms with Crippen molar-refractivity contribution in [2.45, 2.75) is 70.5 Å². The van der Waals surface area contributed by atoms with Crippen LogP contribution < -0.4 is 4.74 Å². The average Bonchev–Trinajstić information content (AvgIpc) is 2.56. The van der Waals surface area contributed by atoms with Gasteiger partial charge in [-0.2, -0.15) is 0 Å². The average molecular weight is 302 g/mol. The summed E-state index contributed by atoms with van der Waals surface area (Å²) in [5.41, 5.74) is 1.41. The molecular weight excluding hydrogens is 272 g/mol. The molecule has 22 heavy (non-hydrogen) atoms. The first kappa shape index (κ1) is 17.1. The maximum absolute atomic E-state index is 9.41. The molecule has 1 unspecified atom stereocenters. The van der Waals surface area contributed by atoms with Gasteiger partial charge in [-0.15, -0.1) is 0 Å². The Bertz CT molecular complexity index is 430. The minimum absolute atomic E-state index is 0.695. The first-order valence-electron chi connectivity index (χ1n) is 8.80. The minimum Gasteiger partial charge on any atom is -0.461 e. The number of ether oxygens (including phenoxy) is 1. The summed E-state index contributed by atoms with van der Waals surface area (Å²) in [6.07, 6.45) is 11.4. The van der Waals surface area contributed by atoms with Crippen LogP contribution in [0.15, 0.2) is 36.9 Å². The number of benzene rings is 1. The molecule has 1 atom stereocenters. The van der Waals surface area contributed by atoms with Crippen molar-refractivity contribution >= 4 is 0 Å². The summed E-state index contributed by atoms with van der Waals surface area (Å²) in [4.78, 5) is 0. The molecule has 0 saturated heterocycles. The minimum atomic E-state index is -0.926. The maximum Gasteiger partial charge on any atom is 0.216 e. The number of hydrogen-bond donors (Lipinski definition) is 1. The third-order valence-electron chi connectivity index (χ3n) is 4.87. The van der Waals surface area contributed by atoms with Crippen molar-refractivity contribution < 1.29 is 9.84 Å². The summed E-state index contributed by atoms with van der Waals surface area (Å²) in [6, 6.07) is 8.20. The number of aliphatic hydroxyl groups is 1. The van der Waals surface area contributed by atoms with Crippen molar-refractivity contribution in [3.63, 3.8) is 0 Å². The van der Waals surface area contributed by atoms with Crippen LogP contribution in [0.5, 0.6) is 5.75 Å². The zero-order valence-electron chi connectivity index (χ0n) is 13.8. The Hall–Kier alpha value is -1.28. The largest absolute Gasteiger partial charge is 0.461 e. The summed E-state index contributed by atoms with van der Waals surface area (Å²) in [5, 5.41) is 9.41. The van der Waals surface area contributed by atoms with Gasteiger partial charge in [-0.3, -0.25) is 0 Å². The van der Waals surface area contributed by atoms with Crippen LogP contribution in [-0.4, -0.2) is 11.4 Å². The smallest absolute Gasteiger partial charge is 0.216 e. The summed E-state index contributed by atoms with van der Waals surface area (Å²) >= 11 is 0. The molecule has 0 aromatic heterocycles. The lowest BCUT2D eigenvalue weighted by atomic mass is 9.77. The van der Waals surface area contributed by atoms with E-state index in [2.05, 4.69) is 25.6 Å². The second-order valence-electron chi connectivity index (χ2n) is 6.53. The van der Waals surface area contributed by atoms with Gasteiger partial charge in [0.1, 0.15) is 5.75 Å². The van der Waals surface area contributed by atoms with Crippen LogP contribution in [0.4, 0.5) is 0 Å². The van der Waals surface area contributed by atoms with Crippen LogP contribution in [0.3, 0.4) is 0 Å². The van der Waals surface area contributed by atoms with E-state index in [1.807, 2.05) is 12.1 Å². The molecule has 1 aromatic rings. The number of hydrogen-bond acceptors (Lipinski definition) is 2. The third kappa shape index (κ3) is 5.17. The van der Waals surface area contributed by atoms with E-state index in [0.29, 0.717) is 11.7 Å². The van der Waals surface area contributed by atoms with Crippen molar-refractivity contribution in [2.75, 3.05) is 0 Å². The third-order valence-corrected chi connectivity index (χ3v) is 4.87. The number of unbranched alkanes of at least 4 members (excludes halogenated alkanes) is 2. The molecule has 0 amide bonds. The summed E-state index contributed by atoms with van der Waals surface area (Å²) in [7, 11) is 0. The van der Waals surface area contributed by atoms with Crippen molar-refractivity contribution in [1.29, 1.82) is 0 Å². The van der Waals surface area contributed by atoms with E-state index in [9.17, 15) is 5.11 Å². The van der Waals surface area contributed by atoms with Gasteiger partial charge in [0, 0.05) is 0 Å².